The second kappa shape index (κ2) is 8.59. The van der Waals surface area contributed by atoms with Crippen molar-refractivity contribution in [2.45, 2.75) is 44.8 Å². The van der Waals surface area contributed by atoms with Gasteiger partial charge < -0.3 is 19.3 Å². The summed E-state index contributed by atoms with van der Waals surface area (Å²) in [5.41, 5.74) is 0. The molecule has 10 heteroatoms. The van der Waals surface area contributed by atoms with Crippen molar-refractivity contribution in [3.63, 3.8) is 0 Å². The average Bonchev–Trinajstić information content (AvgIpc) is 3.43. The number of piperidine rings is 1. The largest absolute Gasteiger partial charge is 0.337 e. The van der Waals surface area contributed by atoms with Crippen LogP contribution in [-0.4, -0.2) is 53.2 Å². The SMILES string of the molecule is O=C(NCc1nc(-c2ncccn2)no1)N1CCCC[C@@H]1CCn1ccnc1. The van der Waals surface area contributed by atoms with E-state index in [0.29, 0.717) is 17.5 Å². The van der Waals surface area contributed by atoms with Gasteiger partial charge in [0.1, 0.15) is 0 Å². The van der Waals surface area contributed by atoms with Crippen molar-refractivity contribution >= 4 is 6.03 Å². The van der Waals surface area contributed by atoms with E-state index in [2.05, 4.69) is 30.4 Å². The van der Waals surface area contributed by atoms with Crippen LogP contribution < -0.4 is 5.32 Å². The molecular formula is C18H22N8O2. The van der Waals surface area contributed by atoms with Gasteiger partial charge in [0.05, 0.1) is 12.9 Å². The van der Waals surface area contributed by atoms with Crippen LogP contribution in [0.25, 0.3) is 11.6 Å². The van der Waals surface area contributed by atoms with Gasteiger partial charge in [-0.1, -0.05) is 5.16 Å². The number of nitrogens with zero attached hydrogens (tertiary/aromatic N) is 7. The molecule has 0 bridgehead atoms. The number of nitrogens with one attached hydrogen (secondary N) is 1. The monoisotopic (exact) mass is 382 g/mol. The maximum atomic E-state index is 12.7. The molecule has 1 aliphatic heterocycles. The van der Waals surface area contributed by atoms with Crippen molar-refractivity contribution in [2.75, 3.05) is 6.54 Å². The smallest absolute Gasteiger partial charge is 0.318 e. The summed E-state index contributed by atoms with van der Waals surface area (Å²) in [6.07, 6.45) is 12.8. The van der Waals surface area contributed by atoms with Crippen LogP contribution in [-0.2, 0) is 13.1 Å². The predicted molar refractivity (Wildman–Crippen MR) is 98.7 cm³/mol. The number of carbonyl (C=O) groups excluding carboxylic acids is 1. The van der Waals surface area contributed by atoms with Crippen molar-refractivity contribution in [2.24, 2.45) is 0 Å². The highest BCUT2D eigenvalue weighted by atomic mass is 16.5. The van der Waals surface area contributed by atoms with E-state index in [1.807, 2.05) is 15.7 Å². The first kappa shape index (κ1) is 18.1. The van der Waals surface area contributed by atoms with Gasteiger partial charge in [0, 0.05) is 43.9 Å². The number of hydrogen-bond acceptors (Lipinski definition) is 7. The summed E-state index contributed by atoms with van der Waals surface area (Å²) in [5, 5.41) is 6.75. The zero-order valence-corrected chi connectivity index (χ0v) is 15.4. The summed E-state index contributed by atoms with van der Waals surface area (Å²) in [5.74, 6) is 1.02. The van der Waals surface area contributed by atoms with E-state index in [-0.39, 0.29) is 18.6 Å². The second-order valence-corrected chi connectivity index (χ2v) is 6.68. The van der Waals surface area contributed by atoms with E-state index in [1.54, 1.807) is 31.0 Å². The van der Waals surface area contributed by atoms with Crippen LogP contribution in [0.3, 0.4) is 0 Å². The summed E-state index contributed by atoms with van der Waals surface area (Å²) >= 11 is 0. The maximum Gasteiger partial charge on any atom is 0.318 e. The Bertz CT molecular complexity index is 880. The Hall–Kier alpha value is -3.30. The van der Waals surface area contributed by atoms with E-state index in [9.17, 15) is 4.79 Å². The highest BCUT2D eigenvalue weighted by Gasteiger charge is 2.26. The fourth-order valence-electron chi connectivity index (χ4n) is 3.37. The quantitative estimate of drug-likeness (QED) is 0.692. The third-order valence-electron chi connectivity index (χ3n) is 4.79. The van der Waals surface area contributed by atoms with E-state index < -0.39 is 0 Å². The predicted octanol–water partition coefficient (Wildman–Crippen LogP) is 1.88. The molecule has 1 N–H and O–H groups in total. The van der Waals surface area contributed by atoms with Gasteiger partial charge >= 0.3 is 6.03 Å². The zero-order valence-electron chi connectivity index (χ0n) is 15.4. The minimum absolute atomic E-state index is 0.106. The van der Waals surface area contributed by atoms with Crippen LogP contribution >= 0.6 is 0 Å². The standard InChI is InChI=1S/C18H22N8O2/c27-18(22-12-15-23-17(24-28-15)16-20-6-3-7-21-16)26-9-2-1-4-14(26)5-10-25-11-8-19-13-25/h3,6-8,11,13-14H,1-2,4-5,9-10,12H2,(H,22,27)/t14-/m1/s1. The molecule has 10 nitrogen and oxygen atoms in total. The van der Waals surface area contributed by atoms with Crippen LogP contribution in [0.15, 0.2) is 41.7 Å². The Morgan fingerprint density at radius 2 is 2.11 bits per heavy atom. The fourth-order valence-corrected chi connectivity index (χ4v) is 3.37. The lowest BCUT2D eigenvalue weighted by Crippen LogP contribution is -2.48. The molecular weight excluding hydrogens is 360 g/mol. The summed E-state index contributed by atoms with van der Waals surface area (Å²) in [6, 6.07) is 1.82. The molecule has 3 aromatic rings. The first-order valence-electron chi connectivity index (χ1n) is 9.40. The molecule has 1 atom stereocenters. The van der Waals surface area contributed by atoms with Crippen LogP contribution in [0, 0.1) is 0 Å². The highest BCUT2D eigenvalue weighted by Crippen LogP contribution is 2.20. The number of aromatic nitrogens is 6. The number of carbonyl (C=O) groups is 1. The Morgan fingerprint density at radius 1 is 1.21 bits per heavy atom. The van der Waals surface area contributed by atoms with Gasteiger partial charge in [-0.15, -0.1) is 0 Å². The first-order chi connectivity index (χ1) is 13.8. The lowest BCUT2D eigenvalue weighted by Gasteiger charge is -2.35. The van der Waals surface area contributed by atoms with Crippen LogP contribution in [0.5, 0.6) is 0 Å². The molecule has 1 saturated heterocycles. The van der Waals surface area contributed by atoms with E-state index in [1.165, 1.54) is 0 Å². The first-order valence-corrected chi connectivity index (χ1v) is 9.40. The van der Waals surface area contributed by atoms with Gasteiger partial charge in [-0.25, -0.2) is 19.7 Å². The van der Waals surface area contributed by atoms with Gasteiger partial charge in [-0.05, 0) is 31.7 Å². The molecule has 146 valence electrons. The molecule has 28 heavy (non-hydrogen) atoms. The molecule has 3 aromatic heterocycles. The van der Waals surface area contributed by atoms with Crippen LogP contribution in [0.4, 0.5) is 4.79 Å². The molecule has 2 amide bonds. The van der Waals surface area contributed by atoms with E-state index >= 15 is 0 Å². The molecule has 1 aliphatic rings. The third kappa shape index (κ3) is 4.33. The molecule has 0 saturated carbocycles. The summed E-state index contributed by atoms with van der Waals surface area (Å²) in [6.45, 7) is 1.77. The molecule has 4 rings (SSSR count). The lowest BCUT2D eigenvalue weighted by atomic mass is 10.00. The molecule has 0 radical (unpaired) electrons. The topological polar surface area (TPSA) is 115 Å². The van der Waals surface area contributed by atoms with Crippen molar-refractivity contribution < 1.29 is 9.32 Å². The molecule has 0 spiro atoms. The van der Waals surface area contributed by atoms with Gasteiger partial charge in [0.15, 0.2) is 0 Å². The molecule has 4 heterocycles. The van der Waals surface area contributed by atoms with Crippen molar-refractivity contribution in [1.82, 2.24) is 39.9 Å². The number of aryl methyl sites for hydroxylation is 1. The Kier molecular flexibility index (Phi) is 5.55. The van der Waals surface area contributed by atoms with Gasteiger partial charge in [0.2, 0.25) is 17.5 Å². The van der Waals surface area contributed by atoms with Crippen molar-refractivity contribution in [3.05, 3.63) is 43.1 Å². The number of imidazole rings is 1. The van der Waals surface area contributed by atoms with Crippen LogP contribution in [0.1, 0.15) is 31.6 Å². The van der Waals surface area contributed by atoms with E-state index in [0.717, 1.165) is 38.8 Å². The minimum Gasteiger partial charge on any atom is -0.337 e. The average molecular weight is 382 g/mol. The molecule has 0 unspecified atom stereocenters. The molecule has 0 aromatic carbocycles. The van der Waals surface area contributed by atoms with Crippen molar-refractivity contribution in [3.8, 4) is 11.6 Å². The number of urea groups is 1. The second-order valence-electron chi connectivity index (χ2n) is 6.68. The Labute approximate surface area is 162 Å². The van der Waals surface area contributed by atoms with Gasteiger partial charge in [0.25, 0.3) is 0 Å². The summed E-state index contributed by atoms with van der Waals surface area (Å²) in [7, 11) is 0. The van der Waals surface area contributed by atoms with Gasteiger partial charge in [-0.2, -0.15) is 4.98 Å². The summed E-state index contributed by atoms with van der Waals surface area (Å²) < 4.78 is 7.23. The third-order valence-corrected chi connectivity index (χ3v) is 4.79. The summed E-state index contributed by atoms with van der Waals surface area (Å²) in [4.78, 5) is 31.1. The molecule has 1 fully saturated rings. The van der Waals surface area contributed by atoms with E-state index in [4.69, 9.17) is 4.52 Å². The minimum atomic E-state index is -0.106. The highest BCUT2D eigenvalue weighted by molar-refractivity contribution is 5.74. The fraction of sp³-hybridized carbons (Fsp3) is 0.444. The lowest BCUT2D eigenvalue weighted by molar-refractivity contribution is 0.142. The number of hydrogen-bond donors (Lipinski definition) is 1. The number of amides is 2. The number of rotatable bonds is 6. The normalized spacial score (nSPS) is 16.9. The number of likely N-dealkylation sites (tertiary alicyclic amines) is 1. The van der Waals surface area contributed by atoms with Crippen molar-refractivity contribution in [1.29, 1.82) is 0 Å². The van der Waals surface area contributed by atoms with Gasteiger partial charge in [-0.3, -0.25) is 0 Å². The Morgan fingerprint density at radius 3 is 2.93 bits per heavy atom. The van der Waals surface area contributed by atoms with Crippen LogP contribution in [0.2, 0.25) is 0 Å². The zero-order chi connectivity index (χ0) is 19.2. The molecule has 0 aliphatic carbocycles. The Balaban J connectivity index is 1.32. The maximum absolute atomic E-state index is 12.7.